The van der Waals surface area contributed by atoms with Crippen LogP contribution in [0.3, 0.4) is 0 Å². The second-order valence-electron chi connectivity index (χ2n) is 5.02. The third-order valence-electron chi connectivity index (χ3n) is 3.39. The molecular weight excluding hydrogens is 254 g/mol. The summed E-state index contributed by atoms with van der Waals surface area (Å²) in [5.41, 5.74) is 3.84. The first kappa shape index (κ1) is 12.6. The maximum absolute atomic E-state index is 4.78. The molecule has 1 aromatic carbocycles. The van der Waals surface area contributed by atoms with E-state index >= 15 is 0 Å². The van der Waals surface area contributed by atoms with Crippen molar-refractivity contribution in [2.45, 2.75) is 13.3 Å². The van der Waals surface area contributed by atoms with Crippen LogP contribution in [0.25, 0.3) is 0 Å². The Morgan fingerprint density at radius 3 is 2.95 bits per heavy atom. The minimum atomic E-state index is 0.935. The van der Waals surface area contributed by atoms with Crippen LogP contribution in [0.15, 0.2) is 29.6 Å². The van der Waals surface area contributed by atoms with Gasteiger partial charge in [0, 0.05) is 38.0 Å². The number of hydrogen-bond donors (Lipinski definition) is 1. The molecule has 3 nitrogen and oxygen atoms in total. The summed E-state index contributed by atoms with van der Waals surface area (Å²) in [6.45, 7) is 6.39. The van der Waals surface area contributed by atoms with Gasteiger partial charge in [-0.2, -0.15) is 0 Å². The number of piperazine rings is 1. The number of thiazole rings is 1. The van der Waals surface area contributed by atoms with E-state index in [2.05, 4.69) is 46.8 Å². The highest BCUT2D eigenvalue weighted by molar-refractivity contribution is 7.13. The molecule has 0 radical (unpaired) electrons. The smallest absolute Gasteiger partial charge is 0.185 e. The molecule has 1 saturated heterocycles. The molecule has 0 spiro atoms. The van der Waals surface area contributed by atoms with E-state index in [1.807, 2.05) is 0 Å². The summed E-state index contributed by atoms with van der Waals surface area (Å²) >= 11 is 1.77. The number of nitrogens with one attached hydrogen (secondary N) is 1. The van der Waals surface area contributed by atoms with E-state index < -0.39 is 0 Å². The molecule has 0 saturated carbocycles. The van der Waals surface area contributed by atoms with Crippen molar-refractivity contribution >= 4 is 16.5 Å². The van der Waals surface area contributed by atoms with Crippen LogP contribution < -0.4 is 10.2 Å². The average Bonchev–Trinajstić information content (AvgIpc) is 2.88. The highest BCUT2D eigenvalue weighted by atomic mass is 32.1. The number of benzene rings is 1. The van der Waals surface area contributed by atoms with Crippen LogP contribution in [0.2, 0.25) is 0 Å². The van der Waals surface area contributed by atoms with Gasteiger partial charge in [0.2, 0.25) is 0 Å². The Morgan fingerprint density at radius 1 is 1.32 bits per heavy atom. The Labute approximate surface area is 118 Å². The summed E-state index contributed by atoms with van der Waals surface area (Å²) < 4.78 is 0. The lowest BCUT2D eigenvalue weighted by atomic mass is 10.1. The molecule has 100 valence electrons. The van der Waals surface area contributed by atoms with E-state index in [4.69, 9.17) is 4.98 Å². The van der Waals surface area contributed by atoms with Gasteiger partial charge in [-0.25, -0.2) is 4.98 Å². The van der Waals surface area contributed by atoms with Crippen molar-refractivity contribution in [3.63, 3.8) is 0 Å². The summed E-state index contributed by atoms with van der Waals surface area (Å²) in [6, 6.07) is 8.67. The molecular formula is C15H19N3S. The van der Waals surface area contributed by atoms with Crippen LogP contribution in [0, 0.1) is 6.92 Å². The second kappa shape index (κ2) is 5.72. The minimum absolute atomic E-state index is 0.935. The molecule has 0 unspecified atom stereocenters. The van der Waals surface area contributed by atoms with E-state index in [9.17, 15) is 0 Å². The number of hydrogen-bond acceptors (Lipinski definition) is 4. The van der Waals surface area contributed by atoms with Crippen molar-refractivity contribution in [3.8, 4) is 0 Å². The molecule has 0 atom stereocenters. The predicted octanol–water partition coefficient (Wildman–Crippen LogP) is 2.45. The number of nitrogens with zero attached hydrogens (tertiary/aromatic N) is 2. The number of aromatic nitrogens is 1. The van der Waals surface area contributed by atoms with Crippen LogP contribution >= 0.6 is 11.3 Å². The van der Waals surface area contributed by atoms with E-state index in [1.165, 1.54) is 22.0 Å². The Kier molecular flexibility index (Phi) is 3.80. The Morgan fingerprint density at radius 2 is 2.16 bits per heavy atom. The zero-order valence-electron chi connectivity index (χ0n) is 11.2. The quantitative estimate of drug-likeness (QED) is 0.931. The lowest BCUT2D eigenvalue weighted by Crippen LogP contribution is -2.43. The van der Waals surface area contributed by atoms with Crippen molar-refractivity contribution in [3.05, 3.63) is 46.5 Å². The average molecular weight is 273 g/mol. The van der Waals surface area contributed by atoms with E-state index in [0.29, 0.717) is 0 Å². The molecule has 2 heterocycles. The third-order valence-corrected chi connectivity index (χ3v) is 4.35. The molecule has 4 heteroatoms. The fourth-order valence-electron chi connectivity index (χ4n) is 2.41. The molecule has 1 aliphatic heterocycles. The largest absolute Gasteiger partial charge is 0.346 e. The van der Waals surface area contributed by atoms with Crippen molar-refractivity contribution in [1.82, 2.24) is 10.3 Å². The van der Waals surface area contributed by atoms with Gasteiger partial charge in [0.15, 0.2) is 5.13 Å². The molecule has 1 aliphatic rings. The van der Waals surface area contributed by atoms with Gasteiger partial charge >= 0.3 is 0 Å². The van der Waals surface area contributed by atoms with Gasteiger partial charge in [-0.1, -0.05) is 29.8 Å². The fourth-order valence-corrected chi connectivity index (χ4v) is 3.29. The van der Waals surface area contributed by atoms with E-state index in [-0.39, 0.29) is 0 Å². The highest BCUT2D eigenvalue weighted by Gasteiger charge is 2.13. The first-order valence-electron chi connectivity index (χ1n) is 6.77. The molecule has 0 amide bonds. The maximum atomic E-state index is 4.78. The van der Waals surface area contributed by atoms with Crippen LogP contribution in [0.5, 0.6) is 0 Å². The first-order valence-corrected chi connectivity index (χ1v) is 7.65. The predicted molar refractivity (Wildman–Crippen MR) is 81.2 cm³/mol. The Balaban J connectivity index is 1.70. The van der Waals surface area contributed by atoms with Crippen molar-refractivity contribution in [2.75, 3.05) is 31.1 Å². The van der Waals surface area contributed by atoms with Crippen molar-refractivity contribution in [1.29, 1.82) is 0 Å². The molecule has 19 heavy (non-hydrogen) atoms. The first-order chi connectivity index (χ1) is 9.31. The van der Waals surface area contributed by atoms with E-state index in [1.54, 1.807) is 11.3 Å². The molecule has 0 aliphatic carbocycles. The Bertz CT molecular complexity index is 544. The van der Waals surface area contributed by atoms with Crippen molar-refractivity contribution < 1.29 is 0 Å². The number of anilines is 1. The van der Waals surface area contributed by atoms with Gasteiger partial charge in [0.25, 0.3) is 0 Å². The molecule has 3 rings (SSSR count). The summed E-state index contributed by atoms with van der Waals surface area (Å²) in [5.74, 6) is 0. The fraction of sp³-hybridized carbons (Fsp3) is 0.400. The molecule has 2 aromatic rings. The topological polar surface area (TPSA) is 28.2 Å². The lowest BCUT2D eigenvalue weighted by Gasteiger charge is -2.26. The summed E-state index contributed by atoms with van der Waals surface area (Å²) in [5, 5.41) is 6.74. The van der Waals surface area contributed by atoms with Gasteiger partial charge in [-0.15, -0.1) is 11.3 Å². The molecule has 1 N–H and O–H groups in total. The minimum Gasteiger partial charge on any atom is -0.346 e. The van der Waals surface area contributed by atoms with Crippen LogP contribution in [0.4, 0.5) is 5.13 Å². The van der Waals surface area contributed by atoms with Crippen LogP contribution in [-0.4, -0.2) is 31.2 Å². The zero-order valence-corrected chi connectivity index (χ0v) is 12.0. The second-order valence-corrected chi connectivity index (χ2v) is 5.86. The Hall–Kier alpha value is -1.39. The zero-order chi connectivity index (χ0) is 13.1. The van der Waals surface area contributed by atoms with Gasteiger partial charge in [0.05, 0.1) is 5.69 Å². The van der Waals surface area contributed by atoms with Gasteiger partial charge in [0.1, 0.15) is 0 Å². The summed E-state index contributed by atoms with van der Waals surface area (Å²) in [7, 11) is 0. The van der Waals surface area contributed by atoms with Crippen LogP contribution in [0.1, 0.15) is 16.8 Å². The van der Waals surface area contributed by atoms with Crippen LogP contribution in [-0.2, 0) is 6.42 Å². The number of aryl methyl sites for hydroxylation is 1. The maximum Gasteiger partial charge on any atom is 0.185 e. The summed E-state index contributed by atoms with van der Waals surface area (Å²) in [6.07, 6.45) is 0.935. The highest BCUT2D eigenvalue weighted by Crippen LogP contribution is 2.22. The van der Waals surface area contributed by atoms with Gasteiger partial charge in [-0.05, 0) is 12.5 Å². The number of rotatable bonds is 3. The monoisotopic (exact) mass is 273 g/mol. The lowest BCUT2D eigenvalue weighted by molar-refractivity contribution is 0.588. The van der Waals surface area contributed by atoms with Crippen molar-refractivity contribution in [2.24, 2.45) is 0 Å². The third kappa shape index (κ3) is 3.14. The molecule has 1 fully saturated rings. The van der Waals surface area contributed by atoms with Gasteiger partial charge < -0.3 is 10.2 Å². The van der Waals surface area contributed by atoms with Gasteiger partial charge in [-0.3, -0.25) is 0 Å². The van der Waals surface area contributed by atoms with E-state index in [0.717, 1.165) is 32.6 Å². The standard InChI is InChI=1S/C15H19N3S/c1-12-3-2-4-13(9-12)10-14-11-19-15(17-14)18-7-5-16-6-8-18/h2-4,9,11,16H,5-8,10H2,1H3. The summed E-state index contributed by atoms with van der Waals surface area (Å²) in [4.78, 5) is 7.15. The normalized spacial score (nSPS) is 15.7. The SMILES string of the molecule is Cc1cccc(Cc2csc(N3CCNCC3)n2)c1. The molecule has 0 bridgehead atoms. The molecule has 1 aromatic heterocycles.